The van der Waals surface area contributed by atoms with Gasteiger partial charge in [0.25, 0.3) is 5.91 Å². The third-order valence-electron chi connectivity index (χ3n) is 5.83. The van der Waals surface area contributed by atoms with Crippen LogP contribution in [0.4, 0.5) is 11.4 Å². The van der Waals surface area contributed by atoms with E-state index in [1.165, 1.54) is 12.8 Å². The lowest BCUT2D eigenvalue weighted by Crippen LogP contribution is -2.32. The number of rotatable bonds is 6. The molecule has 2 aromatic carbocycles. The van der Waals surface area contributed by atoms with Gasteiger partial charge in [-0.1, -0.05) is 31.0 Å². The third kappa shape index (κ3) is 4.39. The first-order valence-electron chi connectivity index (χ1n) is 11.0. The van der Waals surface area contributed by atoms with Gasteiger partial charge in [0.1, 0.15) is 0 Å². The highest BCUT2D eigenvalue weighted by Crippen LogP contribution is 2.26. The highest BCUT2D eigenvalue weighted by Gasteiger charge is 2.19. The second kappa shape index (κ2) is 9.06. The van der Waals surface area contributed by atoms with Crippen LogP contribution in [-0.2, 0) is 0 Å². The monoisotopic (exact) mass is 423 g/mol. The Balaban J connectivity index is 1.35. The molecule has 1 aliphatic carbocycles. The minimum absolute atomic E-state index is 0.0236. The van der Waals surface area contributed by atoms with E-state index in [0.717, 1.165) is 46.5 Å². The van der Waals surface area contributed by atoms with Gasteiger partial charge >= 0.3 is 0 Å². The molecule has 0 unspecified atom stereocenters. The fourth-order valence-electron chi connectivity index (χ4n) is 4.16. The molecule has 160 valence electrons. The van der Waals surface area contributed by atoms with Crippen LogP contribution in [0.25, 0.3) is 23.1 Å². The standard InChI is InChI=1S/C26H25N5O/c32-26(29-19-8-1-2-9-19)22-10-3-4-11-23(22)28-20-12-14-21-24(30-31-25(21)17-20)15-13-18-7-5-6-16-27-18/h3-7,10-17,19,28H,1-2,8-9H2,(H,29,32)(H,30,31)/b15-13+. The largest absolute Gasteiger partial charge is 0.355 e. The molecule has 2 aromatic heterocycles. The average molecular weight is 424 g/mol. The van der Waals surface area contributed by atoms with Crippen molar-refractivity contribution >= 4 is 40.3 Å². The Hall–Kier alpha value is -3.93. The molecule has 1 saturated carbocycles. The van der Waals surface area contributed by atoms with Gasteiger partial charge in [-0.05, 0) is 67.5 Å². The molecule has 4 aromatic rings. The van der Waals surface area contributed by atoms with Crippen molar-refractivity contribution in [2.24, 2.45) is 0 Å². The van der Waals surface area contributed by atoms with E-state index in [1.807, 2.05) is 72.8 Å². The number of aromatic amines is 1. The SMILES string of the molecule is O=C(NC1CCCC1)c1ccccc1Nc1ccc2c(/C=C/c3ccccn3)n[nH]c2c1. The summed E-state index contributed by atoms with van der Waals surface area (Å²) in [6, 6.07) is 19.8. The Morgan fingerprint density at radius 1 is 1.00 bits per heavy atom. The van der Waals surface area contributed by atoms with E-state index in [-0.39, 0.29) is 11.9 Å². The first-order valence-corrected chi connectivity index (χ1v) is 11.0. The second-order valence-electron chi connectivity index (χ2n) is 8.08. The molecule has 1 aliphatic rings. The molecule has 2 heterocycles. The van der Waals surface area contributed by atoms with Gasteiger partial charge in [-0.3, -0.25) is 14.9 Å². The molecule has 3 N–H and O–H groups in total. The minimum Gasteiger partial charge on any atom is -0.355 e. The molecule has 32 heavy (non-hydrogen) atoms. The normalized spacial score (nSPS) is 14.2. The number of para-hydroxylation sites is 1. The molecule has 0 bridgehead atoms. The smallest absolute Gasteiger partial charge is 0.253 e. The molecule has 0 aliphatic heterocycles. The van der Waals surface area contributed by atoms with Crippen molar-refractivity contribution in [3.63, 3.8) is 0 Å². The van der Waals surface area contributed by atoms with E-state index in [9.17, 15) is 4.79 Å². The molecule has 6 heteroatoms. The van der Waals surface area contributed by atoms with E-state index in [0.29, 0.717) is 5.56 Å². The number of nitrogens with zero attached hydrogens (tertiary/aromatic N) is 2. The average Bonchev–Trinajstić information content (AvgIpc) is 3.48. The number of amides is 1. The molecule has 1 amide bonds. The number of nitrogens with one attached hydrogen (secondary N) is 3. The lowest BCUT2D eigenvalue weighted by molar-refractivity contribution is 0.0938. The van der Waals surface area contributed by atoms with Gasteiger partial charge in [-0.25, -0.2) is 0 Å². The Morgan fingerprint density at radius 2 is 1.84 bits per heavy atom. The molecule has 0 saturated heterocycles. The van der Waals surface area contributed by atoms with Crippen molar-refractivity contribution < 1.29 is 4.79 Å². The van der Waals surface area contributed by atoms with Crippen LogP contribution in [0, 0.1) is 0 Å². The number of fused-ring (bicyclic) bond motifs is 1. The first-order chi connectivity index (χ1) is 15.8. The molecular weight excluding hydrogens is 398 g/mol. The summed E-state index contributed by atoms with van der Waals surface area (Å²) in [6.45, 7) is 0. The number of pyridine rings is 1. The lowest BCUT2D eigenvalue weighted by atomic mass is 10.1. The van der Waals surface area contributed by atoms with E-state index >= 15 is 0 Å². The van der Waals surface area contributed by atoms with Crippen molar-refractivity contribution in [3.8, 4) is 0 Å². The van der Waals surface area contributed by atoms with Gasteiger partial charge in [-0.2, -0.15) is 5.10 Å². The first kappa shape index (κ1) is 20.0. The number of anilines is 2. The molecular formula is C26H25N5O. The summed E-state index contributed by atoms with van der Waals surface area (Å²) in [5.41, 5.74) is 4.99. The molecule has 1 fully saturated rings. The van der Waals surface area contributed by atoms with E-state index in [2.05, 4.69) is 25.8 Å². The number of aromatic nitrogens is 3. The molecule has 6 nitrogen and oxygen atoms in total. The van der Waals surface area contributed by atoms with Crippen LogP contribution >= 0.6 is 0 Å². The Kier molecular flexibility index (Phi) is 5.66. The predicted molar refractivity (Wildman–Crippen MR) is 129 cm³/mol. The maximum atomic E-state index is 12.8. The van der Waals surface area contributed by atoms with E-state index < -0.39 is 0 Å². The molecule has 0 atom stereocenters. The summed E-state index contributed by atoms with van der Waals surface area (Å²) >= 11 is 0. The number of hydrogen-bond acceptors (Lipinski definition) is 4. The Bertz CT molecular complexity index is 1260. The van der Waals surface area contributed by atoms with Gasteiger partial charge in [0.05, 0.1) is 28.2 Å². The highest BCUT2D eigenvalue weighted by atomic mass is 16.1. The van der Waals surface area contributed by atoms with Crippen LogP contribution in [0.3, 0.4) is 0 Å². The van der Waals surface area contributed by atoms with Crippen molar-refractivity contribution in [2.75, 3.05) is 5.32 Å². The number of H-pyrrole nitrogens is 1. The zero-order valence-corrected chi connectivity index (χ0v) is 17.7. The van der Waals surface area contributed by atoms with Gasteiger partial charge < -0.3 is 10.6 Å². The molecule has 0 spiro atoms. The molecule has 5 rings (SSSR count). The summed E-state index contributed by atoms with van der Waals surface area (Å²) in [6.07, 6.45) is 10.2. The van der Waals surface area contributed by atoms with Crippen molar-refractivity contribution in [2.45, 2.75) is 31.7 Å². The van der Waals surface area contributed by atoms with Gasteiger partial charge in [0, 0.05) is 23.3 Å². The lowest BCUT2D eigenvalue weighted by Gasteiger charge is -2.15. The zero-order chi connectivity index (χ0) is 21.8. The van der Waals surface area contributed by atoms with Crippen molar-refractivity contribution in [1.29, 1.82) is 0 Å². The van der Waals surface area contributed by atoms with Crippen LogP contribution in [0.2, 0.25) is 0 Å². The summed E-state index contributed by atoms with van der Waals surface area (Å²) in [5.74, 6) is -0.0236. The van der Waals surface area contributed by atoms with Crippen LogP contribution in [0.1, 0.15) is 47.4 Å². The maximum absolute atomic E-state index is 12.8. The number of hydrogen-bond donors (Lipinski definition) is 3. The van der Waals surface area contributed by atoms with Crippen LogP contribution in [0.15, 0.2) is 66.9 Å². The van der Waals surface area contributed by atoms with Gasteiger partial charge in [-0.15, -0.1) is 0 Å². The maximum Gasteiger partial charge on any atom is 0.253 e. The summed E-state index contributed by atoms with van der Waals surface area (Å²) in [4.78, 5) is 17.1. The van der Waals surface area contributed by atoms with Crippen LogP contribution < -0.4 is 10.6 Å². The zero-order valence-electron chi connectivity index (χ0n) is 17.7. The number of carbonyl (C=O) groups excluding carboxylic acids is 1. The quantitative estimate of drug-likeness (QED) is 0.380. The van der Waals surface area contributed by atoms with E-state index in [4.69, 9.17) is 0 Å². The van der Waals surface area contributed by atoms with Crippen LogP contribution in [-0.4, -0.2) is 27.1 Å². The second-order valence-corrected chi connectivity index (χ2v) is 8.08. The predicted octanol–water partition coefficient (Wildman–Crippen LogP) is 5.54. The third-order valence-corrected chi connectivity index (χ3v) is 5.83. The van der Waals surface area contributed by atoms with Crippen molar-refractivity contribution in [3.05, 3.63) is 83.8 Å². The highest BCUT2D eigenvalue weighted by molar-refractivity contribution is 6.01. The van der Waals surface area contributed by atoms with Crippen molar-refractivity contribution in [1.82, 2.24) is 20.5 Å². The van der Waals surface area contributed by atoms with E-state index in [1.54, 1.807) is 6.20 Å². The molecule has 0 radical (unpaired) electrons. The summed E-state index contributed by atoms with van der Waals surface area (Å²) < 4.78 is 0. The number of carbonyl (C=O) groups is 1. The summed E-state index contributed by atoms with van der Waals surface area (Å²) in [5, 5.41) is 15.1. The fourth-order valence-corrected chi connectivity index (χ4v) is 4.16. The Labute approximate surface area is 186 Å². The topological polar surface area (TPSA) is 82.7 Å². The summed E-state index contributed by atoms with van der Waals surface area (Å²) in [7, 11) is 0. The fraction of sp³-hybridized carbons (Fsp3) is 0.192. The van der Waals surface area contributed by atoms with Gasteiger partial charge in [0.15, 0.2) is 0 Å². The van der Waals surface area contributed by atoms with Crippen LogP contribution in [0.5, 0.6) is 0 Å². The van der Waals surface area contributed by atoms with Gasteiger partial charge in [0.2, 0.25) is 0 Å². The number of benzene rings is 2. The minimum atomic E-state index is -0.0236. The Morgan fingerprint density at radius 3 is 2.69 bits per heavy atom.